The van der Waals surface area contributed by atoms with Crippen LogP contribution in [-0.4, -0.2) is 19.5 Å². The fraction of sp³-hybridized carbons (Fsp3) is 0. The summed E-state index contributed by atoms with van der Waals surface area (Å²) < 4.78 is 15.2. The molecule has 0 aliphatic heterocycles. The quantitative estimate of drug-likeness (QED) is 0.167. The summed E-state index contributed by atoms with van der Waals surface area (Å²) in [6.07, 6.45) is 0. The highest BCUT2D eigenvalue weighted by Crippen LogP contribution is 2.35. The summed E-state index contributed by atoms with van der Waals surface area (Å²) in [5.74, 6) is 1.34. The van der Waals surface area contributed by atoms with Gasteiger partial charge in [0, 0.05) is 39.7 Å². The molecule has 11 rings (SSSR count). The Morgan fingerprint density at radius 1 is 0.400 bits per heavy atom. The largest absolute Gasteiger partial charge is 0.456 e. The Kier molecular flexibility index (Phi) is 6.69. The van der Waals surface area contributed by atoms with E-state index in [1.54, 1.807) is 30.3 Å². The molecule has 7 aromatic carbocycles. The third-order valence-corrected chi connectivity index (χ3v) is 10.3. The predicted octanol–water partition coefficient (Wildman–Crippen LogP) is 10.5. The molecule has 0 aliphatic carbocycles. The Bertz CT molecular complexity index is 3370. The summed E-state index contributed by atoms with van der Waals surface area (Å²) in [6.45, 7) is 0. The first-order valence-electron chi connectivity index (χ1n) is 17.9. The van der Waals surface area contributed by atoms with E-state index in [1.807, 2.05) is 103 Å². The van der Waals surface area contributed by atoms with Crippen molar-refractivity contribution in [3.63, 3.8) is 0 Å². The molecule has 258 valence electrons. The number of nitrogens with zero attached hydrogens (tertiary/aromatic N) is 4. The third-order valence-electron chi connectivity index (χ3n) is 10.3. The molecule has 4 heterocycles. The van der Waals surface area contributed by atoms with Gasteiger partial charge in [0.25, 0.3) is 0 Å². The molecular formula is C47H26N4O4. The third kappa shape index (κ3) is 4.82. The van der Waals surface area contributed by atoms with E-state index in [2.05, 4.69) is 28.8 Å². The molecule has 0 radical (unpaired) electrons. The number of para-hydroxylation sites is 3. The summed E-state index contributed by atoms with van der Waals surface area (Å²) in [7, 11) is 0. The van der Waals surface area contributed by atoms with Crippen molar-refractivity contribution < 1.29 is 8.83 Å². The van der Waals surface area contributed by atoms with Crippen molar-refractivity contribution in [1.82, 2.24) is 19.5 Å². The van der Waals surface area contributed by atoms with Gasteiger partial charge in [-0.2, -0.15) is 0 Å². The first kappa shape index (κ1) is 30.9. The zero-order valence-electron chi connectivity index (χ0n) is 28.9. The monoisotopic (exact) mass is 710 g/mol. The standard InChI is InChI=1S/C47H26N4O4/c52-42-32-23-22-29(51-37-20-9-7-16-30(37)31-17-8-10-21-38(31)51)24-39(32)54-40-26-41-36(25-35(40)42)43(53)33-18-11-19-34(44(33)55-41)47-49-45(27-12-3-1-4-13-27)48-46(50-47)28-14-5-2-6-15-28/h1-26H. The maximum Gasteiger partial charge on any atom is 0.200 e. The molecular weight excluding hydrogens is 685 g/mol. The van der Waals surface area contributed by atoms with Crippen LogP contribution in [-0.2, 0) is 0 Å². The van der Waals surface area contributed by atoms with Crippen LogP contribution in [0.15, 0.2) is 176 Å². The zero-order chi connectivity index (χ0) is 36.6. The summed E-state index contributed by atoms with van der Waals surface area (Å²) in [5.41, 5.74) is 5.96. The van der Waals surface area contributed by atoms with Crippen LogP contribution in [0, 0.1) is 0 Å². The molecule has 8 heteroatoms. The van der Waals surface area contributed by atoms with Crippen molar-refractivity contribution in [2.45, 2.75) is 0 Å². The molecule has 8 nitrogen and oxygen atoms in total. The van der Waals surface area contributed by atoms with E-state index in [9.17, 15) is 9.59 Å². The van der Waals surface area contributed by atoms with Gasteiger partial charge in [0.1, 0.15) is 22.3 Å². The van der Waals surface area contributed by atoms with E-state index in [0.29, 0.717) is 55.9 Å². The van der Waals surface area contributed by atoms with Gasteiger partial charge in [-0.25, -0.2) is 15.0 Å². The van der Waals surface area contributed by atoms with Crippen LogP contribution in [0.5, 0.6) is 0 Å². The van der Waals surface area contributed by atoms with Gasteiger partial charge in [-0.1, -0.05) is 103 Å². The second kappa shape index (κ2) is 11.9. The maximum atomic E-state index is 14.2. The van der Waals surface area contributed by atoms with Gasteiger partial charge < -0.3 is 13.4 Å². The maximum absolute atomic E-state index is 14.2. The Balaban J connectivity index is 1.12. The average Bonchev–Trinajstić information content (AvgIpc) is 3.58. The normalized spacial score (nSPS) is 11.8. The van der Waals surface area contributed by atoms with Crippen LogP contribution in [0.1, 0.15) is 0 Å². The molecule has 0 atom stereocenters. The van der Waals surface area contributed by atoms with Crippen LogP contribution in [0.25, 0.3) is 106 Å². The van der Waals surface area contributed by atoms with Crippen molar-refractivity contribution in [1.29, 1.82) is 0 Å². The Labute approximate surface area is 311 Å². The van der Waals surface area contributed by atoms with E-state index in [-0.39, 0.29) is 21.8 Å². The summed E-state index contributed by atoms with van der Waals surface area (Å²) in [6, 6.07) is 50.1. The van der Waals surface area contributed by atoms with Crippen LogP contribution < -0.4 is 10.9 Å². The lowest BCUT2D eigenvalue weighted by Crippen LogP contribution is -2.07. The number of hydrogen-bond acceptors (Lipinski definition) is 7. The minimum Gasteiger partial charge on any atom is -0.456 e. The van der Waals surface area contributed by atoms with Crippen molar-refractivity contribution in [3.05, 3.63) is 178 Å². The van der Waals surface area contributed by atoms with Gasteiger partial charge in [-0.3, -0.25) is 9.59 Å². The fourth-order valence-electron chi connectivity index (χ4n) is 7.66. The van der Waals surface area contributed by atoms with Gasteiger partial charge >= 0.3 is 0 Å². The van der Waals surface area contributed by atoms with Gasteiger partial charge in [0.15, 0.2) is 17.5 Å². The molecule has 0 aliphatic rings. The van der Waals surface area contributed by atoms with E-state index < -0.39 is 0 Å². The smallest absolute Gasteiger partial charge is 0.200 e. The first-order chi connectivity index (χ1) is 27.1. The minimum absolute atomic E-state index is 0.229. The molecule has 11 aromatic rings. The van der Waals surface area contributed by atoms with Crippen molar-refractivity contribution >= 4 is 65.7 Å². The topological polar surface area (TPSA) is 104 Å². The molecule has 0 bridgehead atoms. The van der Waals surface area contributed by atoms with Crippen LogP contribution >= 0.6 is 0 Å². The lowest BCUT2D eigenvalue weighted by molar-refractivity contribution is 0.646. The van der Waals surface area contributed by atoms with Crippen LogP contribution in [0.2, 0.25) is 0 Å². The van der Waals surface area contributed by atoms with E-state index in [0.717, 1.165) is 38.6 Å². The van der Waals surface area contributed by atoms with Crippen molar-refractivity contribution in [3.8, 4) is 39.9 Å². The second-order valence-electron chi connectivity index (χ2n) is 13.5. The molecule has 4 aromatic heterocycles. The molecule has 0 N–H and O–H groups in total. The number of rotatable bonds is 4. The average molecular weight is 711 g/mol. The summed E-state index contributed by atoms with van der Waals surface area (Å²) >= 11 is 0. The number of fused-ring (bicyclic) bond motifs is 7. The molecule has 55 heavy (non-hydrogen) atoms. The Morgan fingerprint density at radius 3 is 1.58 bits per heavy atom. The highest BCUT2D eigenvalue weighted by Gasteiger charge is 2.20. The van der Waals surface area contributed by atoms with Crippen molar-refractivity contribution in [2.24, 2.45) is 0 Å². The molecule has 0 fully saturated rings. The highest BCUT2D eigenvalue weighted by molar-refractivity contribution is 6.09. The minimum atomic E-state index is -0.276. The van der Waals surface area contributed by atoms with Gasteiger partial charge in [-0.15, -0.1) is 0 Å². The first-order valence-corrected chi connectivity index (χ1v) is 17.9. The fourth-order valence-corrected chi connectivity index (χ4v) is 7.66. The molecule has 0 amide bonds. The Morgan fingerprint density at radius 2 is 0.927 bits per heavy atom. The predicted molar refractivity (Wildman–Crippen MR) is 218 cm³/mol. The second-order valence-corrected chi connectivity index (χ2v) is 13.5. The summed E-state index contributed by atoms with van der Waals surface area (Å²) in [4.78, 5) is 42.8. The highest BCUT2D eigenvalue weighted by atomic mass is 16.3. The number of aromatic nitrogens is 4. The van der Waals surface area contributed by atoms with Crippen LogP contribution in [0.4, 0.5) is 0 Å². The number of benzene rings is 7. The van der Waals surface area contributed by atoms with Gasteiger partial charge in [0.2, 0.25) is 10.9 Å². The van der Waals surface area contributed by atoms with E-state index >= 15 is 0 Å². The number of hydrogen-bond donors (Lipinski definition) is 0. The van der Waals surface area contributed by atoms with Gasteiger partial charge in [-0.05, 0) is 42.5 Å². The van der Waals surface area contributed by atoms with Crippen molar-refractivity contribution in [2.75, 3.05) is 0 Å². The lowest BCUT2D eigenvalue weighted by Gasteiger charge is -2.11. The molecule has 0 spiro atoms. The van der Waals surface area contributed by atoms with E-state index in [1.165, 1.54) is 0 Å². The molecule has 0 saturated heterocycles. The zero-order valence-corrected chi connectivity index (χ0v) is 28.9. The van der Waals surface area contributed by atoms with E-state index in [4.69, 9.17) is 23.8 Å². The Hall–Kier alpha value is -7.71. The van der Waals surface area contributed by atoms with Crippen LogP contribution in [0.3, 0.4) is 0 Å². The molecule has 0 saturated carbocycles. The lowest BCUT2D eigenvalue weighted by atomic mass is 10.0. The SMILES string of the molecule is O=c1c2ccc(-n3c4ccccc4c4ccccc43)cc2oc2cc3oc4c(-c5nc(-c6ccccc6)nc(-c6ccccc6)n5)cccc4c(=O)c3cc12. The van der Waals surface area contributed by atoms with Gasteiger partial charge in [0.05, 0.1) is 38.1 Å². The molecule has 0 unspecified atom stereocenters. The summed E-state index contributed by atoms with van der Waals surface area (Å²) in [5, 5.41) is 3.60.